The van der Waals surface area contributed by atoms with Gasteiger partial charge in [-0.2, -0.15) is 0 Å². The average Bonchev–Trinajstić information content (AvgIpc) is 3.06. The number of para-hydroxylation sites is 1. The molecule has 0 spiro atoms. The smallest absolute Gasteiger partial charge is 0.294 e. The molecule has 4 aromatic rings. The van der Waals surface area contributed by atoms with E-state index in [0.29, 0.717) is 23.5 Å². The van der Waals surface area contributed by atoms with Gasteiger partial charge in [0.25, 0.3) is 5.56 Å². The number of H-pyrrole nitrogens is 1. The van der Waals surface area contributed by atoms with Gasteiger partial charge in [-0.1, -0.05) is 24.3 Å². The van der Waals surface area contributed by atoms with Crippen LogP contribution in [-0.4, -0.2) is 30.3 Å². The van der Waals surface area contributed by atoms with Crippen LogP contribution in [0, 0.1) is 0 Å². The maximum Gasteiger partial charge on any atom is 0.294 e. The Morgan fingerprint density at radius 2 is 1.86 bits per heavy atom. The van der Waals surface area contributed by atoms with Crippen molar-refractivity contribution < 1.29 is 12.8 Å². The third kappa shape index (κ3) is 3.67. The SMILES string of the molecule is C[C@H](c1ccc(S(N)(=O)=O)cc1)N(C)Cc1nc2c(oc3ccccc32)c(=O)[nH]1. The summed E-state index contributed by atoms with van der Waals surface area (Å²) in [5.41, 5.74) is 1.97. The minimum atomic E-state index is -3.72. The number of nitrogens with two attached hydrogens (primary N) is 1. The summed E-state index contributed by atoms with van der Waals surface area (Å²) in [5, 5.41) is 5.94. The highest BCUT2D eigenvalue weighted by Crippen LogP contribution is 2.25. The molecule has 8 nitrogen and oxygen atoms in total. The highest BCUT2D eigenvalue weighted by Gasteiger charge is 2.17. The Hall–Kier alpha value is -3.01. The van der Waals surface area contributed by atoms with Gasteiger partial charge in [0.05, 0.1) is 11.4 Å². The monoisotopic (exact) mass is 412 g/mol. The number of primary sulfonamides is 1. The number of rotatable bonds is 5. The Balaban J connectivity index is 1.62. The summed E-state index contributed by atoms with van der Waals surface area (Å²) in [5.74, 6) is 0.518. The summed E-state index contributed by atoms with van der Waals surface area (Å²) >= 11 is 0. The number of furan rings is 1. The van der Waals surface area contributed by atoms with E-state index in [9.17, 15) is 13.2 Å². The van der Waals surface area contributed by atoms with Crippen LogP contribution in [-0.2, 0) is 16.6 Å². The fraction of sp³-hybridized carbons (Fsp3) is 0.200. The molecule has 0 saturated carbocycles. The standard InChI is InChI=1S/C20H20N4O4S/c1-12(13-7-9-14(10-8-13)29(21,26)27)24(2)11-17-22-18-15-5-3-4-6-16(15)28-19(18)20(25)23-17/h3-10,12H,11H2,1-2H3,(H2,21,26,27)(H,22,23,25)/t12-/m1/s1. The normalized spacial score (nSPS) is 13.4. The van der Waals surface area contributed by atoms with E-state index >= 15 is 0 Å². The third-order valence-electron chi connectivity index (χ3n) is 5.03. The fourth-order valence-corrected chi connectivity index (χ4v) is 3.80. The first-order chi connectivity index (χ1) is 13.7. The van der Waals surface area contributed by atoms with Crippen LogP contribution in [0.2, 0.25) is 0 Å². The Labute approximate surface area is 167 Å². The number of benzene rings is 2. The molecule has 1 atom stereocenters. The molecule has 29 heavy (non-hydrogen) atoms. The molecule has 0 aliphatic heterocycles. The first-order valence-electron chi connectivity index (χ1n) is 8.97. The third-order valence-corrected chi connectivity index (χ3v) is 5.96. The van der Waals surface area contributed by atoms with Gasteiger partial charge in [0, 0.05) is 11.4 Å². The van der Waals surface area contributed by atoms with Gasteiger partial charge in [-0.05, 0) is 43.8 Å². The molecule has 0 saturated heterocycles. The quantitative estimate of drug-likeness (QED) is 0.519. The van der Waals surface area contributed by atoms with Crippen LogP contribution in [0.4, 0.5) is 0 Å². The molecule has 4 rings (SSSR count). The van der Waals surface area contributed by atoms with Gasteiger partial charge < -0.3 is 9.40 Å². The topological polar surface area (TPSA) is 122 Å². The number of nitrogens with one attached hydrogen (secondary N) is 1. The van der Waals surface area contributed by atoms with Crippen molar-refractivity contribution in [2.75, 3.05) is 7.05 Å². The molecule has 0 amide bonds. The number of aromatic nitrogens is 2. The number of hydrogen-bond donors (Lipinski definition) is 2. The van der Waals surface area contributed by atoms with Crippen molar-refractivity contribution in [3.63, 3.8) is 0 Å². The second-order valence-electron chi connectivity index (χ2n) is 6.99. The van der Waals surface area contributed by atoms with Crippen molar-refractivity contribution in [2.24, 2.45) is 5.14 Å². The Morgan fingerprint density at radius 3 is 2.55 bits per heavy atom. The van der Waals surface area contributed by atoms with Gasteiger partial charge in [-0.3, -0.25) is 9.69 Å². The van der Waals surface area contributed by atoms with Gasteiger partial charge >= 0.3 is 0 Å². The molecule has 0 aliphatic carbocycles. The van der Waals surface area contributed by atoms with Crippen LogP contribution >= 0.6 is 0 Å². The lowest BCUT2D eigenvalue weighted by Gasteiger charge is -2.24. The van der Waals surface area contributed by atoms with Gasteiger partial charge in [-0.25, -0.2) is 18.5 Å². The van der Waals surface area contributed by atoms with Gasteiger partial charge in [0.15, 0.2) is 0 Å². The van der Waals surface area contributed by atoms with E-state index in [0.717, 1.165) is 10.9 Å². The van der Waals surface area contributed by atoms with E-state index in [2.05, 4.69) is 9.97 Å². The average molecular weight is 412 g/mol. The predicted octanol–water partition coefficient (Wildman–Crippen LogP) is 2.51. The minimum absolute atomic E-state index is 0.0494. The van der Waals surface area contributed by atoms with Crippen LogP contribution in [0.15, 0.2) is 62.6 Å². The van der Waals surface area contributed by atoms with Crippen molar-refractivity contribution in [2.45, 2.75) is 24.4 Å². The van der Waals surface area contributed by atoms with Crippen molar-refractivity contribution in [3.05, 3.63) is 70.3 Å². The lowest BCUT2D eigenvalue weighted by atomic mass is 10.1. The van der Waals surface area contributed by atoms with E-state index < -0.39 is 10.0 Å². The van der Waals surface area contributed by atoms with Crippen molar-refractivity contribution >= 4 is 32.1 Å². The highest BCUT2D eigenvalue weighted by atomic mass is 32.2. The second-order valence-corrected chi connectivity index (χ2v) is 8.56. The zero-order chi connectivity index (χ0) is 20.8. The zero-order valence-electron chi connectivity index (χ0n) is 15.9. The Kier molecular flexibility index (Phi) is 4.73. The van der Waals surface area contributed by atoms with Crippen LogP contribution in [0.3, 0.4) is 0 Å². The molecule has 0 radical (unpaired) electrons. The van der Waals surface area contributed by atoms with E-state index in [-0.39, 0.29) is 22.1 Å². The molecule has 2 aromatic carbocycles. The largest absolute Gasteiger partial charge is 0.449 e. The van der Waals surface area contributed by atoms with E-state index in [1.54, 1.807) is 18.2 Å². The maximum atomic E-state index is 12.4. The summed E-state index contributed by atoms with van der Waals surface area (Å²) < 4.78 is 28.5. The van der Waals surface area contributed by atoms with Crippen LogP contribution < -0.4 is 10.7 Å². The fourth-order valence-electron chi connectivity index (χ4n) is 3.29. The molecule has 3 N–H and O–H groups in total. The van der Waals surface area contributed by atoms with Crippen molar-refractivity contribution in [3.8, 4) is 0 Å². The summed E-state index contributed by atoms with van der Waals surface area (Å²) in [7, 11) is -1.83. The number of sulfonamides is 1. The highest BCUT2D eigenvalue weighted by molar-refractivity contribution is 7.89. The first-order valence-corrected chi connectivity index (χ1v) is 10.5. The molecule has 0 fully saturated rings. The minimum Gasteiger partial charge on any atom is -0.449 e. The second kappa shape index (κ2) is 7.11. The van der Waals surface area contributed by atoms with Gasteiger partial charge in [0.1, 0.15) is 16.9 Å². The number of nitrogens with zero attached hydrogens (tertiary/aromatic N) is 2. The molecule has 0 aliphatic rings. The Bertz CT molecular complexity index is 1360. The van der Waals surface area contributed by atoms with Crippen LogP contribution in [0.25, 0.3) is 22.1 Å². The molecule has 9 heteroatoms. The molecule has 2 heterocycles. The summed E-state index contributed by atoms with van der Waals surface area (Å²) in [6.07, 6.45) is 0. The summed E-state index contributed by atoms with van der Waals surface area (Å²) in [6.45, 7) is 2.37. The molecule has 0 unspecified atom stereocenters. The van der Waals surface area contributed by atoms with E-state index in [4.69, 9.17) is 9.56 Å². The zero-order valence-corrected chi connectivity index (χ0v) is 16.7. The number of aromatic amines is 1. The molecular formula is C20H20N4O4S. The maximum absolute atomic E-state index is 12.4. The van der Waals surface area contributed by atoms with Gasteiger partial charge in [-0.15, -0.1) is 0 Å². The van der Waals surface area contributed by atoms with Gasteiger partial charge in [0.2, 0.25) is 15.6 Å². The lowest BCUT2D eigenvalue weighted by Crippen LogP contribution is -2.25. The van der Waals surface area contributed by atoms with E-state index in [1.807, 2.05) is 37.1 Å². The molecule has 150 valence electrons. The molecular weight excluding hydrogens is 392 g/mol. The molecule has 2 aromatic heterocycles. The van der Waals surface area contributed by atoms with Crippen molar-refractivity contribution in [1.82, 2.24) is 14.9 Å². The van der Waals surface area contributed by atoms with Crippen LogP contribution in [0.5, 0.6) is 0 Å². The first kappa shape index (κ1) is 19.3. The summed E-state index contributed by atoms with van der Waals surface area (Å²) in [4.78, 5) is 21.9. The summed E-state index contributed by atoms with van der Waals surface area (Å²) in [6, 6.07) is 13.8. The predicted molar refractivity (Wildman–Crippen MR) is 110 cm³/mol. The Morgan fingerprint density at radius 1 is 1.17 bits per heavy atom. The lowest BCUT2D eigenvalue weighted by molar-refractivity contribution is 0.247. The van der Waals surface area contributed by atoms with Crippen molar-refractivity contribution in [1.29, 1.82) is 0 Å². The van der Waals surface area contributed by atoms with Crippen LogP contribution in [0.1, 0.15) is 24.4 Å². The van der Waals surface area contributed by atoms with E-state index in [1.165, 1.54) is 12.1 Å². The number of fused-ring (bicyclic) bond motifs is 3. The molecule has 0 bridgehead atoms. The number of hydrogen-bond acceptors (Lipinski definition) is 6.